The normalized spacial score (nSPS) is 24.8. The van der Waals surface area contributed by atoms with Gasteiger partial charge in [0.05, 0.1) is 33.4 Å². The molecule has 4 atom stereocenters. The molecule has 8 rings (SSSR count). The second kappa shape index (κ2) is 10.6. The fourth-order valence-corrected chi connectivity index (χ4v) is 8.83. The molecule has 0 unspecified atom stereocenters. The quantitative estimate of drug-likeness (QED) is 0.178. The van der Waals surface area contributed by atoms with Gasteiger partial charge in [0, 0.05) is 5.02 Å². The number of carbonyl (C=O) groups excluding carboxylic acids is 3. The molecule has 5 aromatic rings. The van der Waals surface area contributed by atoms with Crippen molar-refractivity contribution < 1.29 is 14.4 Å². The molecular weight excluding hydrogens is 625 g/mol. The van der Waals surface area contributed by atoms with Gasteiger partial charge in [-0.3, -0.25) is 14.4 Å². The maximum Gasteiger partial charge on any atom is 0.239 e. The van der Waals surface area contributed by atoms with E-state index in [1.54, 1.807) is 18.2 Å². The highest BCUT2D eigenvalue weighted by Gasteiger charge is 2.82. The monoisotopic (exact) mass is 653 g/mol. The van der Waals surface area contributed by atoms with E-state index in [1.807, 2.05) is 123 Å². The van der Waals surface area contributed by atoms with Crippen LogP contribution in [0.25, 0.3) is 11.1 Å². The van der Waals surface area contributed by atoms with Crippen molar-refractivity contribution in [3.8, 4) is 0 Å². The summed E-state index contributed by atoms with van der Waals surface area (Å²) in [4.78, 5) is 47.3. The molecule has 0 aromatic heterocycles. The first-order chi connectivity index (χ1) is 22.7. The van der Waals surface area contributed by atoms with Gasteiger partial charge in [-0.05, 0) is 65.4 Å². The van der Waals surface area contributed by atoms with Crippen molar-refractivity contribution in [1.29, 1.82) is 0 Å². The predicted octanol–water partition coefficient (Wildman–Crippen LogP) is 8.80. The van der Waals surface area contributed by atoms with E-state index in [-0.39, 0.29) is 16.5 Å². The van der Waals surface area contributed by atoms with E-state index in [0.29, 0.717) is 16.1 Å². The molecule has 1 aliphatic heterocycles. The van der Waals surface area contributed by atoms with Crippen LogP contribution in [-0.4, -0.2) is 17.6 Å². The SMILES string of the molecule is Cc1ccc(C2=C(c3ccc(C)cc3)[C@@]3(c4ccccc4)C(=O)[C@@]2(c2ccccc2)[C@H]2C(=O)N(c4cc(Cl)ccc4Cl)C(=O)[C@@H]23)cc1. The molecule has 2 fully saturated rings. The molecule has 0 spiro atoms. The minimum Gasteiger partial charge on any atom is -0.297 e. The predicted molar refractivity (Wildman–Crippen MR) is 186 cm³/mol. The van der Waals surface area contributed by atoms with Gasteiger partial charge in [0.25, 0.3) is 0 Å². The van der Waals surface area contributed by atoms with Gasteiger partial charge in [-0.1, -0.05) is 144 Å². The standard InChI is InChI=1S/C41H29Cl2NO3/c1-24-13-17-26(18-14-24)33-34(27-19-15-25(2)16-20-27)41(29-11-7-4-8-12-29)36-35(40(33,39(41)47)28-9-5-3-6-10-28)37(45)44(38(36)46)32-23-30(42)21-22-31(32)43/h3-23,35-36H,1-2H3/t35-,36-,40-,41-/m1/s1. The van der Waals surface area contributed by atoms with Gasteiger partial charge in [-0.15, -0.1) is 0 Å². The summed E-state index contributed by atoms with van der Waals surface area (Å²) >= 11 is 13.1. The smallest absolute Gasteiger partial charge is 0.239 e. The molecule has 5 aromatic carbocycles. The molecular formula is C41H29Cl2NO3. The van der Waals surface area contributed by atoms with Gasteiger partial charge in [-0.2, -0.15) is 0 Å². The molecule has 0 N–H and O–H groups in total. The average Bonchev–Trinajstić information content (AvgIpc) is 3.59. The van der Waals surface area contributed by atoms with Gasteiger partial charge in [-0.25, -0.2) is 4.90 Å². The molecule has 6 heteroatoms. The van der Waals surface area contributed by atoms with Gasteiger partial charge < -0.3 is 0 Å². The Balaban J connectivity index is 1.56. The zero-order chi connectivity index (χ0) is 32.7. The van der Waals surface area contributed by atoms with Crippen molar-refractivity contribution >= 4 is 57.6 Å². The number of halogens is 2. The molecule has 2 aliphatic carbocycles. The van der Waals surface area contributed by atoms with E-state index in [2.05, 4.69) is 0 Å². The summed E-state index contributed by atoms with van der Waals surface area (Å²) in [5, 5.41) is 0.568. The van der Waals surface area contributed by atoms with Crippen LogP contribution in [0.15, 0.2) is 127 Å². The van der Waals surface area contributed by atoms with E-state index < -0.39 is 34.5 Å². The number of benzene rings is 5. The number of anilines is 1. The highest BCUT2D eigenvalue weighted by Crippen LogP contribution is 2.74. The van der Waals surface area contributed by atoms with Crippen molar-refractivity contribution in [1.82, 2.24) is 0 Å². The fraction of sp³-hybridized carbons (Fsp3) is 0.146. The van der Waals surface area contributed by atoms with Gasteiger partial charge >= 0.3 is 0 Å². The molecule has 1 saturated heterocycles. The summed E-state index contributed by atoms with van der Waals surface area (Å²) in [5.41, 5.74) is 3.91. The number of fused-ring (bicyclic) bond motifs is 5. The third-order valence-electron chi connectivity index (χ3n) is 10.3. The zero-order valence-electron chi connectivity index (χ0n) is 25.7. The Morgan fingerprint density at radius 2 is 0.979 bits per heavy atom. The second-order valence-electron chi connectivity index (χ2n) is 12.7. The van der Waals surface area contributed by atoms with Crippen molar-refractivity contribution in [2.45, 2.75) is 24.7 Å². The minimum absolute atomic E-state index is 0.165. The minimum atomic E-state index is -1.48. The maximum absolute atomic E-state index is 16.0. The molecule has 2 bridgehead atoms. The summed E-state index contributed by atoms with van der Waals surface area (Å²) in [6, 6.07) is 39.9. The van der Waals surface area contributed by atoms with Gasteiger partial charge in [0.2, 0.25) is 11.8 Å². The molecule has 230 valence electrons. The van der Waals surface area contributed by atoms with Crippen LogP contribution in [0, 0.1) is 25.7 Å². The van der Waals surface area contributed by atoms with E-state index in [1.165, 1.54) is 4.90 Å². The van der Waals surface area contributed by atoms with Crippen molar-refractivity contribution in [3.63, 3.8) is 0 Å². The van der Waals surface area contributed by atoms with Crippen molar-refractivity contribution in [2.24, 2.45) is 11.8 Å². The Labute approximate surface area is 283 Å². The van der Waals surface area contributed by atoms with Gasteiger partial charge in [0.1, 0.15) is 0 Å². The van der Waals surface area contributed by atoms with Crippen LogP contribution in [-0.2, 0) is 25.2 Å². The lowest BCUT2D eigenvalue weighted by Gasteiger charge is -2.39. The summed E-state index contributed by atoms with van der Waals surface area (Å²) in [6.07, 6.45) is 0. The van der Waals surface area contributed by atoms with E-state index in [9.17, 15) is 0 Å². The van der Waals surface area contributed by atoms with Crippen LogP contribution in [0.5, 0.6) is 0 Å². The molecule has 3 aliphatic rings. The molecule has 4 nitrogen and oxygen atoms in total. The summed E-state index contributed by atoms with van der Waals surface area (Å²) in [6.45, 7) is 4.04. The number of allylic oxidation sites excluding steroid dienone is 2. The lowest BCUT2D eigenvalue weighted by molar-refractivity contribution is -0.130. The molecule has 47 heavy (non-hydrogen) atoms. The Bertz CT molecular complexity index is 2010. The number of rotatable bonds is 5. The summed E-state index contributed by atoms with van der Waals surface area (Å²) < 4.78 is 0. The first kappa shape index (κ1) is 29.6. The Hall–Kier alpha value is -4.77. The van der Waals surface area contributed by atoms with E-state index in [4.69, 9.17) is 23.2 Å². The Kier molecular flexibility index (Phi) is 6.70. The number of Topliss-reactive ketones (excluding diaryl/α,β-unsaturated/α-hetero) is 1. The first-order valence-electron chi connectivity index (χ1n) is 15.6. The number of carbonyl (C=O) groups is 3. The average molecular weight is 655 g/mol. The fourth-order valence-electron chi connectivity index (χ4n) is 8.46. The number of nitrogens with zero attached hydrogens (tertiary/aromatic N) is 1. The molecule has 1 heterocycles. The zero-order valence-corrected chi connectivity index (χ0v) is 27.2. The number of hydrogen-bond acceptors (Lipinski definition) is 3. The lowest BCUT2D eigenvalue weighted by Crippen LogP contribution is -2.45. The third kappa shape index (κ3) is 3.86. The van der Waals surface area contributed by atoms with Crippen LogP contribution in [0.1, 0.15) is 33.4 Å². The summed E-state index contributed by atoms with van der Waals surface area (Å²) in [7, 11) is 0. The topological polar surface area (TPSA) is 54.5 Å². The second-order valence-corrected chi connectivity index (χ2v) is 13.6. The van der Waals surface area contributed by atoms with Gasteiger partial charge in [0.15, 0.2) is 5.78 Å². The molecule has 2 amide bonds. The largest absolute Gasteiger partial charge is 0.297 e. The number of aryl methyl sites for hydroxylation is 2. The highest BCUT2D eigenvalue weighted by molar-refractivity contribution is 6.42. The van der Waals surface area contributed by atoms with Crippen LogP contribution in [0.3, 0.4) is 0 Å². The Morgan fingerprint density at radius 3 is 1.40 bits per heavy atom. The first-order valence-corrected chi connectivity index (χ1v) is 16.4. The van der Waals surface area contributed by atoms with E-state index >= 15 is 14.4 Å². The van der Waals surface area contributed by atoms with Crippen molar-refractivity contribution in [3.05, 3.63) is 171 Å². The highest BCUT2D eigenvalue weighted by atomic mass is 35.5. The van der Waals surface area contributed by atoms with Crippen LogP contribution in [0.4, 0.5) is 5.69 Å². The number of amides is 2. The number of ketones is 1. The lowest BCUT2D eigenvalue weighted by atomic mass is 9.59. The molecule has 1 saturated carbocycles. The van der Waals surface area contributed by atoms with Crippen LogP contribution >= 0.6 is 23.2 Å². The third-order valence-corrected chi connectivity index (χ3v) is 10.8. The Morgan fingerprint density at radius 1 is 0.553 bits per heavy atom. The molecule has 0 radical (unpaired) electrons. The van der Waals surface area contributed by atoms with Crippen LogP contribution < -0.4 is 4.90 Å². The van der Waals surface area contributed by atoms with Crippen molar-refractivity contribution in [2.75, 3.05) is 4.90 Å². The number of imide groups is 1. The maximum atomic E-state index is 16.0. The summed E-state index contributed by atoms with van der Waals surface area (Å²) in [5.74, 6) is -3.17. The van der Waals surface area contributed by atoms with Crippen LogP contribution in [0.2, 0.25) is 10.0 Å². The number of hydrogen-bond donors (Lipinski definition) is 0. The van der Waals surface area contributed by atoms with E-state index in [0.717, 1.165) is 33.4 Å².